The van der Waals surface area contributed by atoms with Crippen LogP contribution in [0.25, 0.3) is 0 Å². The van der Waals surface area contributed by atoms with Gasteiger partial charge in [0.05, 0.1) is 5.60 Å². The van der Waals surface area contributed by atoms with Crippen molar-refractivity contribution < 1.29 is 9.50 Å². The monoisotopic (exact) mass is 250 g/mol. The first-order valence-corrected chi connectivity index (χ1v) is 6.98. The summed E-state index contributed by atoms with van der Waals surface area (Å²) >= 11 is 0. The predicted molar refractivity (Wildman–Crippen MR) is 71.8 cm³/mol. The SMILES string of the molecule is CC(C)C1CCCCC1(O)Cc1ccc(F)cc1. The maximum Gasteiger partial charge on any atom is 0.123 e. The molecule has 100 valence electrons. The van der Waals surface area contributed by atoms with Crippen molar-refractivity contribution >= 4 is 0 Å². The third-order valence-corrected chi connectivity index (χ3v) is 4.29. The van der Waals surface area contributed by atoms with Gasteiger partial charge in [-0.2, -0.15) is 0 Å². The van der Waals surface area contributed by atoms with E-state index in [2.05, 4.69) is 13.8 Å². The van der Waals surface area contributed by atoms with Gasteiger partial charge in [-0.3, -0.25) is 0 Å². The van der Waals surface area contributed by atoms with Crippen LogP contribution in [0.5, 0.6) is 0 Å². The van der Waals surface area contributed by atoms with E-state index in [-0.39, 0.29) is 5.82 Å². The summed E-state index contributed by atoms with van der Waals surface area (Å²) < 4.78 is 12.9. The highest BCUT2D eigenvalue weighted by Gasteiger charge is 2.40. The molecule has 2 atom stereocenters. The summed E-state index contributed by atoms with van der Waals surface area (Å²) in [6.07, 6.45) is 4.94. The zero-order valence-corrected chi connectivity index (χ0v) is 11.3. The first-order chi connectivity index (χ1) is 8.51. The van der Waals surface area contributed by atoms with E-state index in [4.69, 9.17) is 0 Å². The van der Waals surface area contributed by atoms with Crippen LogP contribution in [-0.2, 0) is 6.42 Å². The number of hydrogen-bond acceptors (Lipinski definition) is 1. The molecule has 2 heteroatoms. The fraction of sp³-hybridized carbons (Fsp3) is 0.625. The zero-order valence-electron chi connectivity index (χ0n) is 11.3. The number of rotatable bonds is 3. The largest absolute Gasteiger partial charge is 0.389 e. The van der Waals surface area contributed by atoms with Gasteiger partial charge >= 0.3 is 0 Å². The maximum atomic E-state index is 12.9. The molecule has 0 amide bonds. The Kier molecular flexibility index (Phi) is 4.06. The molecule has 2 unspecified atom stereocenters. The van der Waals surface area contributed by atoms with Gasteiger partial charge in [0, 0.05) is 6.42 Å². The fourth-order valence-electron chi connectivity index (χ4n) is 3.38. The van der Waals surface area contributed by atoms with Crippen LogP contribution >= 0.6 is 0 Å². The van der Waals surface area contributed by atoms with Crippen LogP contribution in [0.15, 0.2) is 24.3 Å². The lowest BCUT2D eigenvalue weighted by Gasteiger charge is -2.42. The minimum absolute atomic E-state index is 0.213. The van der Waals surface area contributed by atoms with Gasteiger partial charge in [0.1, 0.15) is 5.82 Å². The smallest absolute Gasteiger partial charge is 0.123 e. The molecule has 18 heavy (non-hydrogen) atoms. The molecular weight excluding hydrogens is 227 g/mol. The third kappa shape index (κ3) is 2.92. The summed E-state index contributed by atoms with van der Waals surface area (Å²) in [5, 5.41) is 10.9. The molecule has 0 radical (unpaired) electrons. The standard InChI is InChI=1S/C16H23FO/c1-12(2)15-5-3-4-10-16(15,18)11-13-6-8-14(17)9-7-13/h6-9,12,15,18H,3-5,10-11H2,1-2H3. The molecule has 0 bridgehead atoms. The average Bonchev–Trinajstić information content (AvgIpc) is 2.32. The maximum absolute atomic E-state index is 12.9. The second kappa shape index (κ2) is 5.40. The van der Waals surface area contributed by atoms with Crippen LogP contribution in [0.1, 0.15) is 45.1 Å². The van der Waals surface area contributed by atoms with Crippen molar-refractivity contribution in [2.24, 2.45) is 11.8 Å². The number of aliphatic hydroxyl groups is 1. The topological polar surface area (TPSA) is 20.2 Å². The second-order valence-electron chi connectivity index (χ2n) is 6.00. The molecule has 1 nitrogen and oxygen atoms in total. The minimum atomic E-state index is -0.607. The van der Waals surface area contributed by atoms with Crippen LogP contribution < -0.4 is 0 Å². The van der Waals surface area contributed by atoms with Crippen molar-refractivity contribution in [3.8, 4) is 0 Å². The van der Waals surface area contributed by atoms with Gasteiger partial charge in [-0.05, 0) is 42.4 Å². The number of benzene rings is 1. The van der Waals surface area contributed by atoms with Gasteiger partial charge in [-0.25, -0.2) is 4.39 Å². The molecule has 1 fully saturated rings. The molecule has 1 aliphatic rings. The molecule has 0 aromatic heterocycles. The summed E-state index contributed by atoms with van der Waals surface area (Å²) in [4.78, 5) is 0. The lowest BCUT2D eigenvalue weighted by Crippen LogP contribution is -2.45. The summed E-state index contributed by atoms with van der Waals surface area (Å²) in [5.41, 5.74) is 0.427. The van der Waals surface area contributed by atoms with Gasteiger partial charge in [0.25, 0.3) is 0 Å². The quantitative estimate of drug-likeness (QED) is 0.861. The Morgan fingerprint density at radius 1 is 1.28 bits per heavy atom. The molecule has 0 aliphatic heterocycles. The van der Waals surface area contributed by atoms with E-state index in [0.717, 1.165) is 24.8 Å². The highest BCUT2D eigenvalue weighted by atomic mass is 19.1. The van der Waals surface area contributed by atoms with E-state index in [9.17, 15) is 9.50 Å². The first-order valence-electron chi connectivity index (χ1n) is 6.98. The normalized spacial score (nSPS) is 28.6. The van der Waals surface area contributed by atoms with Gasteiger partial charge in [0.15, 0.2) is 0 Å². The van der Waals surface area contributed by atoms with Crippen molar-refractivity contribution in [2.75, 3.05) is 0 Å². The average molecular weight is 250 g/mol. The molecule has 1 saturated carbocycles. The van der Waals surface area contributed by atoms with Crippen LogP contribution in [0, 0.1) is 17.7 Å². The Bertz CT molecular complexity index is 385. The van der Waals surface area contributed by atoms with Crippen molar-refractivity contribution in [1.29, 1.82) is 0 Å². The molecule has 0 spiro atoms. The Balaban J connectivity index is 2.15. The van der Waals surface area contributed by atoms with Gasteiger partial charge in [-0.15, -0.1) is 0 Å². The summed E-state index contributed by atoms with van der Waals surface area (Å²) in [7, 11) is 0. The van der Waals surface area contributed by atoms with Gasteiger partial charge in [-0.1, -0.05) is 38.8 Å². The molecule has 0 heterocycles. The van der Waals surface area contributed by atoms with Gasteiger partial charge in [0.2, 0.25) is 0 Å². The molecule has 1 aliphatic carbocycles. The van der Waals surface area contributed by atoms with E-state index < -0.39 is 5.60 Å². The second-order valence-corrected chi connectivity index (χ2v) is 6.00. The highest BCUT2D eigenvalue weighted by molar-refractivity contribution is 5.19. The first kappa shape index (κ1) is 13.5. The van der Waals surface area contributed by atoms with E-state index >= 15 is 0 Å². The van der Waals surface area contributed by atoms with Crippen LogP contribution in [0.4, 0.5) is 4.39 Å². The predicted octanol–water partition coefficient (Wildman–Crippen LogP) is 3.95. The fourth-order valence-corrected chi connectivity index (χ4v) is 3.38. The summed E-state index contributed by atoms with van der Waals surface area (Å²) in [5.74, 6) is 0.641. The molecule has 0 saturated heterocycles. The Morgan fingerprint density at radius 3 is 2.56 bits per heavy atom. The summed E-state index contributed by atoms with van der Waals surface area (Å²) in [6, 6.07) is 6.54. The number of halogens is 1. The lowest BCUT2D eigenvalue weighted by atomic mass is 9.68. The van der Waals surface area contributed by atoms with Crippen molar-refractivity contribution in [3.05, 3.63) is 35.6 Å². The highest BCUT2D eigenvalue weighted by Crippen LogP contribution is 2.40. The van der Waals surface area contributed by atoms with Crippen molar-refractivity contribution in [1.82, 2.24) is 0 Å². The zero-order chi connectivity index (χ0) is 13.2. The van der Waals surface area contributed by atoms with Crippen LogP contribution in [-0.4, -0.2) is 10.7 Å². The molecule has 2 rings (SSSR count). The van der Waals surface area contributed by atoms with Crippen LogP contribution in [0.3, 0.4) is 0 Å². The van der Waals surface area contributed by atoms with E-state index in [1.54, 1.807) is 12.1 Å². The van der Waals surface area contributed by atoms with E-state index in [0.29, 0.717) is 18.3 Å². The molecule has 1 N–H and O–H groups in total. The van der Waals surface area contributed by atoms with E-state index in [1.165, 1.54) is 18.6 Å². The van der Waals surface area contributed by atoms with Crippen LogP contribution in [0.2, 0.25) is 0 Å². The minimum Gasteiger partial charge on any atom is -0.389 e. The Labute approximate surface area is 109 Å². The molecular formula is C16H23FO. The Hall–Kier alpha value is -0.890. The molecule has 1 aromatic carbocycles. The lowest BCUT2D eigenvalue weighted by molar-refractivity contribution is -0.0652. The molecule has 1 aromatic rings. The van der Waals surface area contributed by atoms with Crippen molar-refractivity contribution in [3.63, 3.8) is 0 Å². The Morgan fingerprint density at radius 2 is 1.94 bits per heavy atom. The van der Waals surface area contributed by atoms with Crippen molar-refractivity contribution in [2.45, 2.75) is 51.6 Å². The summed E-state index contributed by atoms with van der Waals surface area (Å²) in [6.45, 7) is 4.37. The van der Waals surface area contributed by atoms with E-state index in [1.807, 2.05) is 0 Å². The van der Waals surface area contributed by atoms with Gasteiger partial charge < -0.3 is 5.11 Å². The third-order valence-electron chi connectivity index (χ3n) is 4.29. The number of hydrogen-bond donors (Lipinski definition) is 1.